The van der Waals surface area contributed by atoms with Gasteiger partial charge in [0.25, 0.3) is 21.4 Å². The summed E-state index contributed by atoms with van der Waals surface area (Å²) in [6.07, 6.45) is -4.73. The number of nitrogens with one attached hydrogen (secondary N) is 1. The number of aromatic amines is 1. The number of benzene rings is 1. The van der Waals surface area contributed by atoms with Crippen molar-refractivity contribution in [2.75, 3.05) is 12.4 Å². The van der Waals surface area contributed by atoms with E-state index >= 15 is 0 Å². The van der Waals surface area contributed by atoms with Gasteiger partial charge in [-0.2, -0.15) is 8.42 Å². The van der Waals surface area contributed by atoms with Gasteiger partial charge in [-0.25, -0.2) is 4.79 Å². The van der Waals surface area contributed by atoms with Gasteiger partial charge in [-0.3, -0.25) is 28.6 Å². The molecule has 3 unspecified atom stereocenters. The van der Waals surface area contributed by atoms with Crippen molar-refractivity contribution in [2.24, 2.45) is 0 Å². The summed E-state index contributed by atoms with van der Waals surface area (Å²) >= 11 is 0. The van der Waals surface area contributed by atoms with Gasteiger partial charge < -0.3 is 14.9 Å². The normalized spacial score (nSPS) is 24.0. The van der Waals surface area contributed by atoms with Crippen LogP contribution in [0.2, 0.25) is 0 Å². The van der Waals surface area contributed by atoms with Crippen LogP contribution in [0.4, 0.5) is 5.69 Å². The van der Waals surface area contributed by atoms with E-state index in [2.05, 4.69) is 0 Å². The van der Waals surface area contributed by atoms with E-state index in [0.717, 1.165) is 10.8 Å². The Kier molecular flexibility index (Phi) is 7.14. The Hall–Kier alpha value is -2.91. The maximum absolute atomic E-state index is 12.4. The molecule has 3 rings (SSSR count). The van der Waals surface area contributed by atoms with Crippen molar-refractivity contribution in [1.29, 1.82) is 0 Å². The number of nitrogens with zero attached hydrogens (tertiary/aromatic N) is 2. The minimum Gasteiger partial charge on any atom is -0.387 e. The van der Waals surface area contributed by atoms with Crippen molar-refractivity contribution in [3.8, 4) is 0 Å². The van der Waals surface area contributed by atoms with Crippen molar-refractivity contribution < 1.29 is 32.5 Å². The molecule has 0 saturated carbocycles. The zero-order valence-electron chi connectivity index (χ0n) is 17.7. The van der Waals surface area contributed by atoms with E-state index < -0.39 is 69.1 Å². The van der Waals surface area contributed by atoms with Crippen LogP contribution in [0.15, 0.2) is 40.1 Å². The Morgan fingerprint density at radius 2 is 1.94 bits per heavy atom. The molecule has 3 N–H and O–H groups in total. The number of aliphatic hydroxyl groups is 2. The molecule has 1 fully saturated rings. The van der Waals surface area contributed by atoms with Gasteiger partial charge in [-0.05, 0) is 6.92 Å². The third kappa shape index (κ3) is 5.36. The van der Waals surface area contributed by atoms with Crippen molar-refractivity contribution in [2.45, 2.75) is 44.3 Å². The maximum Gasteiger partial charge on any atom is 0.330 e. The van der Waals surface area contributed by atoms with Crippen molar-refractivity contribution in [1.82, 2.24) is 9.55 Å². The van der Waals surface area contributed by atoms with E-state index in [1.807, 2.05) is 4.98 Å². The molecule has 1 aliphatic rings. The molecule has 180 valence electrons. The Morgan fingerprint density at radius 3 is 2.61 bits per heavy atom. The molecule has 2 aromatic rings. The molecule has 0 spiro atoms. The van der Waals surface area contributed by atoms with Crippen molar-refractivity contribution in [3.63, 3.8) is 0 Å². The quantitative estimate of drug-likeness (QED) is 0.250. The first-order chi connectivity index (χ1) is 15.4. The van der Waals surface area contributed by atoms with E-state index in [1.165, 1.54) is 32.0 Å². The van der Waals surface area contributed by atoms with Gasteiger partial charge in [0.05, 0.1) is 17.3 Å². The van der Waals surface area contributed by atoms with Gasteiger partial charge in [0.1, 0.15) is 18.3 Å². The maximum atomic E-state index is 12.4. The van der Waals surface area contributed by atoms with E-state index in [4.69, 9.17) is 8.92 Å². The lowest BCUT2D eigenvalue weighted by atomic mass is 10.0. The van der Waals surface area contributed by atoms with Gasteiger partial charge in [0.2, 0.25) is 0 Å². The Bertz CT molecular complexity index is 1250. The van der Waals surface area contributed by atoms with Gasteiger partial charge in [0, 0.05) is 29.3 Å². The van der Waals surface area contributed by atoms with Crippen LogP contribution < -0.4 is 11.2 Å². The molecule has 0 amide bonds. The monoisotopic (exact) mass is 485 g/mol. The van der Waals surface area contributed by atoms with E-state index in [0.29, 0.717) is 0 Å². The van der Waals surface area contributed by atoms with Crippen LogP contribution >= 0.6 is 0 Å². The minimum atomic E-state index is -4.21. The summed E-state index contributed by atoms with van der Waals surface area (Å²) in [6, 6.07) is 5.74. The van der Waals surface area contributed by atoms with Crippen LogP contribution in [0, 0.1) is 17.0 Å². The topological polar surface area (TPSA) is 191 Å². The van der Waals surface area contributed by atoms with Gasteiger partial charge in [0.15, 0.2) is 6.23 Å². The molecular weight excluding hydrogens is 462 g/mol. The van der Waals surface area contributed by atoms with Crippen molar-refractivity contribution >= 4 is 15.8 Å². The molecule has 1 saturated heterocycles. The molecule has 0 bridgehead atoms. The van der Waals surface area contributed by atoms with Crippen LogP contribution in [0.3, 0.4) is 0 Å². The molecule has 5 atom stereocenters. The highest BCUT2D eigenvalue weighted by Crippen LogP contribution is 2.30. The fourth-order valence-electron chi connectivity index (χ4n) is 3.56. The predicted octanol–water partition coefficient (Wildman–Crippen LogP) is -0.477. The number of para-hydroxylation sites is 1. The fourth-order valence-corrected chi connectivity index (χ4v) is 4.79. The summed E-state index contributed by atoms with van der Waals surface area (Å²) in [5.41, 5.74) is -1.35. The number of rotatable bonds is 8. The highest BCUT2D eigenvalue weighted by atomic mass is 32.2. The largest absolute Gasteiger partial charge is 0.387 e. The lowest BCUT2D eigenvalue weighted by Gasteiger charge is -2.17. The van der Waals surface area contributed by atoms with Crippen LogP contribution in [-0.2, 0) is 19.0 Å². The summed E-state index contributed by atoms with van der Waals surface area (Å²) in [4.78, 5) is 36.2. The standard InChI is InChI=1S/C19H23N3O10S/c1-10-7-21(19(26)20-17(10)25)18-16(24)15(23)14(32-18)8-31-33(29,30)9-11(2)12-5-3-4-6-13(12)22(27)28/h3-7,11,14-16,18,23-24H,8-9H2,1-2H3,(H,20,25,26)/t11?,14-,15?,16?,18-/m1/s1. The highest BCUT2D eigenvalue weighted by molar-refractivity contribution is 7.86. The number of hydrogen-bond acceptors (Lipinski definition) is 10. The third-order valence-corrected chi connectivity index (χ3v) is 6.69. The van der Waals surface area contributed by atoms with Crippen LogP contribution in [-0.4, -0.2) is 63.8 Å². The number of hydrogen-bond donors (Lipinski definition) is 3. The number of H-pyrrole nitrogens is 1. The van der Waals surface area contributed by atoms with E-state index in [-0.39, 0.29) is 16.8 Å². The molecule has 2 heterocycles. The zero-order chi connectivity index (χ0) is 24.5. The van der Waals surface area contributed by atoms with Crippen molar-refractivity contribution in [3.05, 3.63) is 72.5 Å². The first kappa shape index (κ1) is 24.7. The summed E-state index contributed by atoms with van der Waals surface area (Å²) in [6.45, 7) is 2.25. The number of ether oxygens (including phenoxy) is 1. The smallest absolute Gasteiger partial charge is 0.330 e. The predicted molar refractivity (Wildman–Crippen MR) is 113 cm³/mol. The summed E-state index contributed by atoms with van der Waals surface area (Å²) in [5, 5.41) is 31.7. The third-order valence-electron chi connectivity index (χ3n) is 5.29. The summed E-state index contributed by atoms with van der Waals surface area (Å²) < 4.78 is 36.2. The minimum absolute atomic E-state index is 0.158. The van der Waals surface area contributed by atoms with Crippen LogP contribution in [0.1, 0.15) is 30.2 Å². The lowest BCUT2D eigenvalue weighted by Crippen LogP contribution is -2.38. The first-order valence-electron chi connectivity index (χ1n) is 9.85. The lowest BCUT2D eigenvalue weighted by molar-refractivity contribution is -0.385. The summed E-state index contributed by atoms with van der Waals surface area (Å²) in [7, 11) is -4.21. The number of aryl methyl sites for hydroxylation is 1. The van der Waals surface area contributed by atoms with Gasteiger partial charge in [-0.15, -0.1) is 0 Å². The second-order valence-electron chi connectivity index (χ2n) is 7.75. The molecule has 1 aromatic heterocycles. The second-order valence-corrected chi connectivity index (χ2v) is 9.44. The Labute approximate surface area is 187 Å². The number of aromatic nitrogens is 2. The molecule has 0 radical (unpaired) electrons. The molecule has 13 nitrogen and oxygen atoms in total. The average Bonchev–Trinajstić information content (AvgIpc) is 3.03. The fraction of sp³-hybridized carbons (Fsp3) is 0.474. The first-order valence-corrected chi connectivity index (χ1v) is 11.4. The van der Waals surface area contributed by atoms with Gasteiger partial charge in [-0.1, -0.05) is 25.1 Å². The summed E-state index contributed by atoms with van der Waals surface area (Å²) in [5.74, 6) is -1.35. The number of nitro benzene ring substituents is 1. The Balaban J connectivity index is 1.69. The zero-order valence-corrected chi connectivity index (χ0v) is 18.5. The number of aliphatic hydroxyl groups excluding tert-OH is 2. The Morgan fingerprint density at radius 1 is 1.27 bits per heavy atom. The SMILES string of the molecule is Cc1cn([C@@H]2O[C@H](COS(=O)(=O)CC(C)c3ccccc3[N+](=O)[O-])C(O)C2O)c(=O)[nH]c1=O. The van der Waals surface area contributed by atoms with Crippen LogP contribution in [0.5, 0.6) is 0 Å². The molecular formula is C19H23N3O10S. The second kappa shape index (κ2) is 9.52. The molecule has 14 heteroatoms. The molecule has 33 heavy (non-hydrogen) atoms. The van der Waals surface area contributed by atoms with E-state index in [9.17, 15) is 38.3 Å². The van der Waals surface area contributed by atoms with E-state index in [1.54, 1.807) is 6.07 Å². The average molecular weight is 485 g/mol. The molecule has 1 aliphatic heterocycles. The number of nitro groups is 1. The molecule has 0 aliphatic carbocycles. The van der Waals surface area contributed by atoms with Gasteiger partial charge >= 0.3 is 5.69 Å². The molecule has 1 aromatic carbocycles. The highest BCUT2D eigenvalue weighted by Gasteiger charge is 2.45. The van der Waals surface area contributed by atoms with Crippen LogP contribution in [0.25, 0.3) is 0 Å².